The van der Waals surface area contributed by atoms with Crippen LogP contribution in [0.3, 0.4) is 0 Å². The number of carboxylic acid groups (broad SMARTS) is 1. The van der Waals surface area contributed by atoms with Crippen LogP contribution < -0.4 is 0 Å². The summed E-state index contributed by atoms with van der Waals surface area (Å²) in [6, 6.07) is 8.84. The largest absolute Gasteiger partial charge is 0.476 e. The van der Waals surface area contributed by atoms with Gasteiger partial charge in [-0.1, -0.05) is 5.21 Å². The van der Waals surface area contributed by atoms with Gasteiger partial charge in [-0.15, -0.1) is 5.10 Å². The molecule has 0 amide bonds. The van der Waals surface area contributed by atoms with Crippen molar-refractivity contribution in [1.82, 2.24) is 20.0 Å². The van der Waals surface area contributed by atoms with E-state index in [1.54, 1.807) is 12.1 Å². The van der Waals surface area contributed by atoms with Crippen molar-refractivity contribution in [2.75, 3.05) is 0 Å². The highest BCUT2D eigenvalue weighted by Crippen LogP contribution is 2.25. The van der Waals surface area contributed by atoms with Crippen molar-refractivity contribution in [3.05, 3.63) is 64.6 Å². The number of rotatable bonds is 4. The number of pyridine rings is 1. The van der Waals surface area contributed by atoms with Gasteiger partial charge in [-0.2, -0.15) is 0 Å². The first-order valence-electron chi connectivity index (χ1n) is 6.42. The van der Waals surface area contributed by atoms with E-state index >= 15 is 0 Å². The van der Waals surface area contributed by atoms with Crippen LogP contribution in [0.25, 0.3) is 16.9 Å². The third-order valence-electron chi connectivity index (χ3n) is 3.13. The molecule has 0 unspecified atom stereocenters. The number of carbonyl (C=O) groups is 1. The first-order valence-corrected chi connectivity index (χ1v) is 6.42. The van der Waals surface area contributed by atoms with Crippen LogP contribution >= 0.6 is 0 Å². The summed E-state index contributed by atoms with van der Waals surface area (Å²) in [7, 11) is 0. The first kappa shape index (κ1) is 14.3. The Bertz CT molecular complexity index is 874. The second-order valence-corrected chi connectivity index (χ2v) is 4.51. The molecule has 0 saturated heterocycles. The minimum absolute atomic E-state index is 0.0715. The lowest BCUT2D eigenvalue weighted by Crippen LogP contribution is -2.03. The van der Waals surface area contributed by atoms with Gasteiger partial charge in [0.1, 0.15) is 5.69 Å². The molecule has 9 nitrogen and oxygen atoms in total. The van der Waals surface area contributed by atoms with E-state index in [9.17, 15) is 20.0 Å². The highest BCUT2D eigenvalue weighted by Gasteiger charge is 2.21. The number of carboxylic acids is 1. The number of aromatic nitrogens is 4. The van der Waals surface area contributed by atoms with Crippen molar-refractivity contribution in [3.63, 3.8) is 0 Å². The van der Waals surface area contributed by atoms with E-state index in [0.717, 1.165) is 0 Å². The molecule has 9 heteroatoms. The molecule has 2 aromatic heterocycles. The minimum atomic E-state index is -1.22. The van der Waals surface area contributed by atoms with Gasteiger partial charge >= 0.3 is 5.97 Å². The Balaban J connectivity index is 2.16. The molecule has 0 saturated carbocycles. The summed E-state index contributed by atoms with van der Waals surface area (Å²) >= 11 is 0. The van der Waals surface area contributed by atoms with Crippen LogP contribution in [0.4, 0.5) is 5.69 Å². The Morgan fingerprint density at radius 3 is 2.35 bits per heavy atom. The SMILES string of the molecule is O=C(O)c1nnn(-c2ccc([N+](=O)[O-])cc2)c1-c1ccncc1. The maximum absolute atomic E-state index is 11.4. The second kappa shape index (κ2) is 5.64. The minimum Gasteiger partial charge on any atom is -0.476 e. The van der Waals surface area contributed by atoms with Crippen LogP contribution in [0.5, 0.6) is 0 Å². The monoisotopic (exact) mass is 311 g/mol. The molecule has 0 fully saturated rings. The van der Waals surface area contributed by atoms with Gasteiger partial charge in [0, 0.05) is 30.1 Å². The van der Waals surface area contributed by atoms with Gasteiger partial charge in [0.25, 0.3) is 5.69 Å². The van der Waals surface area contributed by atoms with Crippen molar-refractivity contribution in [2.45, 2.75) is 0 Å². The fourth-order valence-electron chi connectivity index (χ4n) is 2.09. The lowest BCUT2D eigenvalue weighted by molar-refractivity contribution is -0.384. The van der Waals surface area contributed by atoms with Crippen molar-refractivity contribution in [2.24, 2.45) is 0 Å². The molecule has 3 aromatic rings. The number of aromatic carboxylic acids is 1. The zero-order chi connectivity index (χ0) is 16.4. The predicted molar refractivity (Wildman–Crippen MR) is 78.2 cm³/mol. The maximum Gasteiger partial charge on any atom is 0.358 e. The molecular formula is C14H9N5O4. The molecule has 23 heavy (non-hydrogen) atoms. The normalized spacial score (nSPS) is 10.4. The summed E-state index contributed by atoms with van der Waals surface area (Å²) in [4.78, 5) is 25.5. The highest BCUT2D eigenvalue weighted by atomic mass is 16.6. The smallest absolute Gasteiger partial charge is 0.358 e. The molecule has 0 bridgehead atoms. The summed E-state index contributed by atoms with van der Waals surface area (Å²) in [5.41, 5.74) is 1.02. The Morgan fingerprint density at radius 1 is 1.13 bits per heavy atom. The van der Waals surface area contributed by atoms with Crippen molar-refractivity contribution < 1.29 is 14.8 Å². The van der Waals surface area contributed by atoms with Crippen LogP contribution in [0.1, 0.15) is 10.5 Å². The number of hydrogen-bond acceptors (Lipinski definition) is 6. The van der Waals surface area contributed by atoms with Crippen molar-refractivity contribution in [3.8, 4) is 16.9 Å². The van der Waals surface area contributed by atoms with E-state index in [4.69, 9.17) is 0 Å². The van der Waals surface area contributed by atoms with Gasteiger partial charge in [0.05, 0.1) is 10.6 Å². The lowest BCUT2D eigenvalue weighted by Gasteiger charge is -2.06. The third-order valence-corrected chi connectivity index (χ3v) is 3.13. The topological polar surface area (TPSA) is 124 Å². The van der Waals surface area contributed by atoms with Crippen LogP contribution in [0.15, 0.2) is 48.8 Å². The molecule has 2 heterocycles. The van der Waals surface area contributed by atoms with E-state index in [0.29, 0.717) is 11.3 Å². The average Bonchev–Trinajstić information content (AvgIpc) is 3.01. The predicted octanol–water partition coefficient (Wildman–Crippen LogP) is 1.94. The standard InChI is InChI=1S/C14H9N5O4/c20-14(21)12-13(9-5-7-15-8-6-9)18(17-16-12)10-1-3-11(4-2-10)19(22)23/h1-8H,(H,20,21). The zero-order valence-electron chi connectivity index (χ0n) is 11.5. The summed E-state index contributed by atoms with van der Waals surface area (Å²) in [5.74, 6) is -1.22. The van der Waals surface area contributed by atoms with E-state index in [1.807, 2.05) is 0 Å². The summed E-state index contributed by atoms with van der Waals surface area (Å²) in [5, 5.41) is 27.5. The molecular weight excluding hydrogens is 302 g/mol. The second-order valence-electron chi connectivity index (χ2n) is 4.51. The molecule has 114 valence electrons. The molecule has 0 aliphatic carbocycles. The summed E-state index contributed by atoms with van der Waals surface area (Å²) in [6.45, 7) is 0. The van der Waals surface area contributed by atoms with Gasteiger partial charge in [0.2, 0.25) is 0 Å². The Kier molecular flexibility index (Phi) is 3.51. The van der Waals surface area contributed by atoms with Crippen molar-refractivity contribution in [1.29, 1.82) is 0 Å². The Hall–Kier alpha value is -3.62. The van der Waals surface area contributed by atoms with Gasteiger partial charge in [-0.05, 0) is 24.3 Å². The highest BCUT2D eigenvalue weighted by molar-refractivity contribution is 5.93. The van der Waals surface area contributed by atoms with Gasteiger partial charge in [0.15, 0.2) is 5.69 Å². The zero-order valence-corrected chi connectivity index (χ0v) is 11.5. The molecule has 0 radical (unpaired) electrons. The molecule has 3 rings (SSSR count). The van der Waals surface area contributed by atoms with Crippen LogP contribution in [-0.2, 0) is 0 Å². The summed E-state index contributed by atoms with van der Waals surface area (Å²) in [6.07, 6.45) is 3.04. The van der Waals surface area contributed by atoms with E-state index in [-0.39, 0.29) is 17.1 Å². The summed E-state index contributed by atoms with van der Waals surface area (Å²) < 4.78 is 1.32. The first-order chi connectivity index (χ1) is 11.1. The molecule has 0 aliphatic heterocycles. The Morgan fingerprint density at radius 2 is 1.78 bits per heavy atom. The number of benzene rings is 1. The number of hydrogen-bond donors (Lipinski definition) is 1. The van der Waals surface area contributed by atoms with Crippen LogP contribution in [-0.4, -0.2) is 36.0 Å². The fourth-order valence-corrected chi connectivity index (χ4v) is 2.09. The molecule has 0 aliphatic rings. The fraction of sp³-hybridized carbons (Fsp3) is 0. The number of nitrogens with zero attached hydrogens (tertiary/aromatic N) is 5. The quantitative estimate of drug-likeness (QED) is 0.576. The maximum atomic E-state index is 11.4. The average molecular weight is 311 g/mol. The third kappa shape index (κ3) is 2.62. The van der Waals surface area contributed by atoms with Crippen LogP contribution in [0, 0.1) is 10.1 Å². The van der Waals surface area contributed by atoms with Crippen molar-refractivity contribution >= 4 is 11.7 Å². The van der Waals surface area contributed by atoms with Gasteiger partial charge < -0.3 is 5.11 Å². The van der Waals surface area contributed by atoms with E-state index in [1.165, 1.54) is 41.3 Å². The van der Waals surface area contributed by atoms with Gasteiger partial charge in [-0.3, -0.25) is 15.1 Å². The molecule has 1 N–H and O–H groups in total. The molecule has 0 atom stereocenters. The van der Waals surface area contributed by atoms with E-state index in [2.05, 4.69) is 15.3 Å². The number of nitro benzene ring substituents is 1. The number of nitro groups is 1. The molecule has 1 aromatic carbocycles. The molecule has 0 spiro atoms. The van der Waals surface area contributed by atoms with Gasteiger partial charge in [-0.25, -0.2) is 9.48 Å². The van der Waals surface area contributed by atoms with E-state index < -0.39 is 10.9 Å². The Labute approximate surface area is 129 Å². The number of non-ortho nitro benzene ring substituents is 1. The lowest BCUT2D eigenvalue weighted by atomic mass is 10.1. The van der Waals surface area contributed by atoms with Crippen LogP contribution in [0.2, 0.25) is 0 Å².